The molecule has 0 saturated carbocycles. The molecule has 0 spiro atoms. The van der Waals surface area contributed by atoms with E-state index in [-0.39, 0.29) is 17.9 Å². The minimum Gasteiger partial charge on any atom is -0.508 e. The number of carbonyl (C=O) groups excluding carboxylic acids is 1. The van der Waals surface area contributed by atoms with E-state index in [0.29, 0.717) is 29.5 Å². The Bertz CT molecular complexity index is 1060. The molecule has 3 aromatic rings. The highest BCUT2D eigenvalue weighted by Crippen LogP contribution is 2.27. The van der Waals surface area contributed by atoms with Crippen LogP contribution in [0, 0.1) is 5.82 Å². The van der Waals surface area contributed by atoms with Crippen LogP contribution in [0.15, 0.2) is 60.7 Å². The number of methoxy groups -OCH3 is 1. The molecule has 0 aliphatic heterocycles. The van der Waals surface area contributed by atoms with Crippen LogP contribution in [0.4, 0.5) is 4.39 Å². The van der Waals surface area contributed by atoms with Gasteiger partial charge >= 0.3 is 0 Å². The number of phenols is 1. The van der Waals surface area contributed by atoms with Crippen LogP contribution < -0.4 is 20.5 Å². The van der Waals surface area contributed by atoms with Crippen molar-refractivity contribution in [2.24, 2.45) is 5.73 Å². The van der Waals surface area contributed by atoms with Gasteiger partial charge < -0.3 is 25.6 Å². The summed E-state index contributed by atoms with van der Waals surface area (Å²) in [5.41, 5.74) is 7.48. The van der Waals surface area contributed by atoms with E-state index in [2.05, 4.69) is 5.32 Å². The van der Waals surface area contributed by atoms with Crippen LogP contribution in [0.2, 0.25) is 5.02 Å². The Kier molecular flexibility index (Phi) is 7.92. The zero-order chi connectivity index (χ0) is 23.1. The van der Waals surface area contributed by atoms with Crippen LogP contribution in [-0.4, -0.2) is 24.2 Å². The SMILES string of the molecule is COc1cc(OCc2c(F)cccc2Cl)ccc1CN[C@@H](Cc1ccc(O)cc1)C(N)=O. The molecule has 1 amide bonds. The number of phenolic OH excluding ortho intramolecular Hbond substituents is 1. The van der Waals surface area contributed by atoms with Crippen molar-refractivity contribution in [3.63, 3.8) is 0 Å². The first-order valence-corrected chi connectivity index (χ1v) is 10.3. The fraction of sp³-hybridized carbons (Fsp3) is 0.208. The molecule has 1 atom stereocenters. The van der Waals surface area contributed by atoms with Crippen LogP contribution in [0.25, 0.3) is 0 Å². The fourth-order valence-electron chi connectivity index (χ4n) is 3.16. The molecule has 0 radical (unpaired) electrons. The molecule has 6 nitrogen and oxygen atoms in total. The van der Waals surface area contributed by atoms with Crippen molar-refractivity contribution in [2.75, 3.05) is 7.11 Å². The van der Waals surface area contributed by atoms with Gasteiger partial charge in [-0.05, 0) is 42.3 Å². The average Bonchev–Trinajstić information content (AvgIpc) is 2.77. The molecule has 0 aliphatic rings. The summed E-state index contributed by atoms with van der Waals surface area (Å²) in [6, 6.07) is 15.7. The third-order valence-corrected chi connectivity index (χ3v) is 5.32. The van der Waals surface area contributed by atoms with Gasteiger partial charge in [-0.2, -0.15) is 0 Å². The highest BCUT2D eigenvalue weighted by atomic mass is 35.5. The van der Waals surface area contributed by atoms with Crippen molar-refractivity contribution in [3.8, 4) is 17.2 Å². The van der Waals surface area contributed by atoms with E-state index in [9.17, 15) is 14.3 Å². The van der Waals surface area contributed by atoms with Gasteiger partial charge in [0.25, 0.3) is 0 Å². The van der Waals surface area contributed by atoms with Crippen LogP contribution in [0.5, 0.6) is 17.2 Å². The van der Waals surface area contributed by atoms with Gasteiger partial charge in [-0.1, -0.05) is 35.9 Å². The molecule has 0 unspecified atom stereocenters. The maximum atomic E-state index is 13.9. The summed E-state index contributed by atoms with van der Waals surface area (Å²) in [7, 11) is 1.53. The molecule has 3 aromatic carbocycles. The van der Waals surface area contributed by atoms with E-state index >= 15 is 0 Å². The predicted octanol–water partition coefficient (Wildman–Crippen LogP) is 3.96. The Morgan fingerprint density at radius 1 is 1.19 bits per heavy atom. The number of rotatable bonds is 10. The number of ether oxygens (including phenoxy) is 2. The second-order valence-electron chi connectivity index (χ2n) is 7.17. The molecule has 0 heterocycles. The molecule has 168 valence electrons. The largest absolute Gasteiger partial charge is 0.508 e. The number of hydrogen-bond donors (Lipinski definition) is 3. The van der Waals surface area contributed by atoms with Crippen molar-refractivity contribution in [3.05, 3.63) is 88.2 Å². The Morgan fingerprint density at radius 2 is 1.94 bits per heavy atom. The molecule has 32 heavy (non-hydrogen) atoms. The van der Waals surface area contributed by atoms with E-state index in [1.54, 1.807) is 48.5 Å². The molecule has 4 N–H and O–H groups in total. The average molecular weight is 459 g/mol. The smallest absolute Gasteiger partial charge is 0.234 e. The van der Waals surface area contributed by atoms with Gasteiger partial charge in [-0.15, -0.1) is 0 Å². The van der Waals surface area contributed by atoms with Crippen LogP contribution >= 0.6 is 11.6 Å². The minimum atomic E-state index is -0.608. The summed E-state index contributed by atoms with van der Waals surface area (Å²) in [5.74, 6) is 0.264. The first-order chi connectivity index (χ1) is 15.4. The van der Waals surface area contributed by atoms with Crippen LogP contribution in [0.1, 0.15) is 16.7 Å². The molecule has 3 rings (SSSR count). The van der Waals surface area contributed by atoms with Gasteiger partial charge in [-0.25, -0.2) is 4.39 Å². The number of nitrogens with one attached hydrogen (secondary N) is 1. The lowest BCUT2D eigenvalue weighted by Crippen LogP contribution is -2.42. The summed E-state index contributed by atoms with van der Waals surface area (Å²) in [6.45, 7) is 0.303. The molecular weight excluding hydrogens is 435 g/mol. The first kappa shape index (κ1) is 23.4. The lowest BCUT2D eigenvalue weighted by atomic mass is 10.0. The molecule has 0 fully saturated rings. The maximum absolute atomic E-state index is 13.9. The third kappa shape index (κ3) is 6.12. The molecule has 8 heteroatoms. The monoisotopic (exact) mass is 458 g/mol. The first-order valence-electron chi connectivity index (χ1n) is 9.90. The van der Waals surface area contributed by atoms with Crippen LogP contribution in [-0.2, 0) is 24.4 Å². The second-order valence-corrected chi connectivity index (χ2v) is 7.58. The van der Waals surface area contributed by atoms with Gasteiger partial charge in [0.05, 0.1) is 18.2 Å². The van der Waals surface area contributed by atoms with E-state index < -0.39 is 17.8 Å². The van der Waals surface area contributed by atoms with Crippen LogP contribution in [0.3, 0.4) is 0 Å². The Labute approximate surface area is 190 Å². The number of nitrogens with two attached hydrogens (primary N) is 1. The van der Waals surface area contributed by atoms with Crippen molar-refractivity contribution < 1.29 is 23.8 Å². The highest BCUT2D eigenvalue weighted by Gasteiger charge is 2.17. The topological polar surface area (TPSA) is 93.8 Å². The highest BCUT2D eigenvalue weighted by molar-refractivity contribution is 6.31. The number of halogens is 2. The summed E-state index contributed by atoms with van der Waals surface area (Å²) in [4.78, 5) is 11.9. The Balaban J connectivity index is 1.65. The number of amides is 1. The number of aromatic hydroxyl groups is 1. The molecular formula is C24H24ClFN2O4. The summed E-state index contributed by atoms with van der Waals surface area (Å²) >= 11 is 6.04. The second kappa shape index (κ2) is 10.8. The van der Waals surface area contributed by atoms with Crippen molar-refractivity contribution >= 4 is 17.5 Å². The van der Waals surface area contributed by atoms with E-state index in [1.165, 1.54) is 19.2 Å². The number of benzene rings is 3. The molecule has 0 bridgehead atoms. The molecule has 0 aliphatic carbocycles. The summed E-state index contributed by atoms with van der Waals surface area (Å²) < 4.78 is 25.1. The predicted molar refractivity (Wildman–Crippen MR) is 120 cm³/mol. The molecule has 0 saturated heterocycles. The fourth-order valence-corrected chi connectivity index (χ4v) is 3.38. The maximum Gasteiger partial charge on any atom is 0.234 e. The number of primary amides is 1. The van der Waals surface area contributed by atoms with E-state index in [4.69, 9.17) is 26.8 Å². The van der Waals surface area contributed by atoms with E-state index in [1.807, 2.05) is 0 Å². The Morgan fingerprint density at radius 3 is 2.59 bits per heavy atom. The molecule has 0 aromatic heterocycles. The third-order valence-electron chi connectivity index (χ3n) is 4.96. The zero-order valence-electron chi connectivity index (χ0n) is 17.5. The quantitative estimate of drug-likeness (QED) is 0.427. The normalized spacial score (nSPS) is 11.7. The zero-order valence-corrected chi connectivity index (χ0v) is 18.2. The van der Waals surface area contributed by atoms with Gasteiger partial charge in [0.15, 0.2) is 0 Å². The van der Waals surface area contributed by atoms with Gasteiger partial charge in [0.2, 0.25) is 5.91 Å². The van der Waals surface area contributed by atoms with Crippen molar-refractivity contribution in [1.29, 1.82) is 0 Å². The van der Waals surface area contributed by atoms with Gasteiger partial charge in [0.1, 0.15) is 29.7 Å². The Hall–Kier alpha value is -3.29. The van der Waals surface area contributed by atoms with Crippen molar-refractivity contribution in [1.82, 2.24) is 5.32 Å². The standard InChI is InChI=1S/C24H24ClFN2O4/c1-31-23-12-18(32-14-19-20(25)3-2-4-21(19)26)10-7-16(23)13-28-22(24(27)30)11-15-5-8-17(29)9-6-15/h2-10,12,22,28-29H,11,13-14H2,1H3,(H2,27,30)/t22-/m0/s1. The van der Waals surface area contributed by atoms with Gasteiger partial charge in [0, 0.05) is 23.7 Å². The lowest BCUT2D eigenvalue weighted by molar-refractivity contribution is -0.120. The summed E-state index contributed by atoms with van der Waals surface area (Å²) in [5, 5.41) is 12.8. The number of carbonyl (C=O) groups is 1. The van der Waals surface area contributed by atoms with Crippen molar-refractivity contribution in [2.45, 2.75) is 25.6 Å². The minimum absolute atomic E-state index is 0.0252. The lowest BCUT2D eigenvalue weighted by Gasteiger charge is -2.18. The summed E-state index contributed by atoms with van der Waals surface area (Å²) in [6.07, 6.45) is 0.378. The number of hydrogen-bond acceptors (Lipinski definition) is 5. The van der Waals surface area contributed by atoms with Gasteiger partial charge in [-0.3, -0.25) is 4.79 Å². The van der Waals surface area contributed by atoms with E-state index in [0.717, 1.165) is 11.1 Å².